The first-order chi connectivity index (χ1) is 8.83. The molecular weight excluding hydrogens is 252 g/mol. The fourth-order valence-electron chi connectivity index (χ4n) is 1.39. The molecule has 0 saturated carbocycles. The summed E-state index contributed by atoms with van der Waals surface area (Å²) in [6.45, 7) is 6.58. The zero-order valence-electron chi connectivity index (χ0n) is 11.8. The van der Waals surface area contributed by atoms with Gasteiger partial charge in [-0.1, -0.05) is 6.92 Å². The smallest absolute Gasteiger partial charge is 0.328 e. The largest absolute Gasteiger partial charge is 0.480 e. The average Bonchev–Trinajstić information content (AvgIpc) is 2.34. The molecule has 0 aromatic heterocycles. The molecule has 2 N–H and O–H groups in total. The zero-order chi connectivity index (χ0) is 15.0. The molecule has 0 aliphatic carbocycles. The number of nitrogens with one attached hydrogen (secondary N) is 1. The predicted octanol–water partition coefficient (Wildman–Crippen LogP) is 0.833. The van der Waals surface area contributed by atoms with Crippen molar-refractivity contribution in [1.82, 2.24) is 10.2 Å². The van der Waals surface area contributed by atoms with Gasteiger partial charge in [-0.2, -0.15) is 0 Å². The number of nitrogens with zero attached hydrogens (tertiary/aromatic N) is 1. The number of carboxylic acid groups (broad SMARTS) is 1. The minimum atomic E-state index is -1.10. The first kappa shape index (κ1) is 17.2. The van der Waals surface area contributed by atoms with Gasteiger partial charge in [-0.3, -0.25) is 4.79 Å². The number of ether oxygens (including phenoxy) is 1. The van der Waals surface area contributed by atoms with Crippen LogP contribution < -0.4 is 5.32 Å². The number of amides is 2. The lowest BCUT2D eigenvalue weighted by molar-refractivity contribution is -0.144. The third-order valence-electron chi connectivity index (χ3n) is 2.67. The van der Waals surface area contributed by atoms with Crippen LogP contribution in [0.15, 0.2) is 0 Å². The average molecular weight is 274 g/mol. The van der Waals surface area contributed by atoms with Gasteiger partial charge in [0.15, 0.2) is 0 Å². The highest BCUT2D eigenvalue weighted by molar-refractivity contribution is 5.85. The number of esters is 1. The van der Waals surface area contributed by atoms with E-state index in [-0.39, 0.29) is 12.6 Å². The van der Waals surface area contributed by atoms with Gasteiger partial charge in [-0.25, -0.2) is 9.59 Å². The van der Waals surface area contributed by atoms with E-state index in [0.717, 1.165) is 0 Å². The fourth-order valence-corrected chi connectivity index (χ4v) is 1.39. The van der Waals surface area contributed by atoms with Crippen LogP contribution in [0.25, 0.3) is 0 Å². The Morgan fingerprint density at radius 1 is 1.26 bits per heavy atom. The predicted molar refractivity (Wildman–Crippen MR) is 68.7 cm³/mol. The molecule has 0 heterocycles. The molecule has 2 unspecified atom stereocenters. The van der Waals surface area contributed by atoms with Crippen LogP contribution in [0.3, 0.4) is 0 Å². The lowest BCUT2D eigenvalue weighted by Crippen LogP contribution is -2.51. The molecule has 0 aliphatic heterocycles. The van der Waals surface area contributed by atoms with E-state index in [1.54, 1.807) is 13.8 Å². The molecule has 0 rings (SSSR count). The minimum absolute atomic E-state index is 0.225. The Morgan fingerprint density at radius 3 is 2.26 bits per heavy atom. The maximum absolute atomic E-state index is 11.9. The Hall–Kier alpha value is -1.79. The summed E-state index contributed by atoms with van der Waals surface area (Å²) >= 11 is 0. The van der Waals surface area contributed by atoms with E-state index >= 15 is 0 Å². The number of hydrogen-bond acceptors (Lipinski definition) is 4. The second-order valence-electron chi connectivity index (χ2n) is 4.20. The summed E-state index contributed by atoms with van der Waals surface area (Å²) in [5.74, 6) is -1.64. The third kappa shape index (κ3) is 6.08. The van der Waals surface area contributed by atoms with Crippen LogP contribution in [-0.4, -0.2) is 53.2 Å². The second-order valence-corrected chi connectivity index (χ2v) is 4.20. The van der Waals surface area contributed by atoms with Crippen LogP contribution in [0, 0.1) is 0 Å². The molecule has 110 valence electrons. The minimum Gasteiger partial charge on any atom is -0.480 e. The summed E-state index contributed by atoms with van der Waals surface area (Å²) in [7, 11) is 0. The number of rotatable bonds is 7. The van der Waals surface area contributed by atoms with E-state index in [1.165, 1.54) is 11.8 Å². The molecule has 0 spiro atoms. The van der Waals surface area contributed by atoms with Gasteiger partial charge < -0.3 is 20.1 Å². The number of aliphatic carboxylic acids is 1. The first-order valence-electron chi connectivity index (χ1n) is 6.28. The molecule has 19 heavy (non-hydrogen) atoms. The molecule has 0 aromatic carbocycles. The van der Waals surface area contributed by atoms with Crippen LogP contribution in [0.5, 0.6) is 0 Å². The van der Waals surface area contributed by atoms with Gasteiger partial charge in [0.2, 0.25) is 0 Å². The lowest BCUT2D eigenvalue weighted by atomic mass is 10.2. The van der Waals surface area contributed by atoms with Crippen LogP contribution in [0.4, 0.5) is 4.79 Å². The summed E-state index contributed by atoms with van der Waals surface area (Å²) in [5.41, 5.74) is 0. The van der Waals surface area contributed by atoms with Crippen LogP contribution in [0.1, 0.15) is 34.1 Å². The molecule has 7 heteroatoms. The van der Waals surface area contributed by atoms with E-state index in [0.29, 0.717) is 6.42 Å². The highest BCUT2D eigenvalue weighted by atomic mass is 16.5. The van der Waals surface area contributed by atoms with Crippen molar-refractivity contribution in [3.63, 3.8) is 0 Å². The van der Waals surface area contributed by atoms with Crippen molar-refractivity contribution in [2.45, 2.75) is 46.2 Å². The summed E-state index contributed by atoms with van der Waals surface area (Å²) in [4.78, 5) is 35.3. The van der Waals surface area contributed by atoms with Crippen molar-refractivity contribution in [2.24, 2.45) is 0 Å². The molecule has 2 amide bonds. The summed E-state index contributed by atoms with van der Waals surface area (Å²) in [5, 5.41) is 11.2. The molecule has 0 fully saturated rings. The lowest BCUT2D eigenvalue weighted by Gasteiger charge is -2.28. The zero-order valence-corrected chi connectivity index (χ0v) is 11.8. The SMILES string of the molecule is CCOC(=O)C(C)NC(=O)N(CC(=O)O)C(C)CC. The monoisotopic (exact) mass is 274 g/mol. The normalized spacial score (nSPS) is 13.3. The summed E-state index contributed by atoms with van der Waals surface area (Å²) in [6.07, 6.45) is 0.620. The van der Waals surface area contributed by atoms with Gasteiger partial charge in [-0.15, -0.1) is 0 Å². The molecule has 2 atom stereocenters. The van der Waals surface area contributed by atoms with E-state index in [9.17, 15) is 14.4 Å². The maximum Gasteiger partial charge on any atom is 0.328 e. The van der Waals surface area contributed by atoms with Gasteiger partial charge >= 0.3 is 18.0 Å². The number of carbonyl (C=O) groups excluding carboxylic acids is 2. The van der Waals surface area contributed by atoms with Gasteiger partial charge in [0, 0.05) is 6.04 Å². The number of carbonyl (C=O) groups is 3. The Morgan fingerprint density at radius 2 is 1.84 bits per heavy atom. The van der Waals surface area contributed by atoms with Gasteiger partial charge in [0.1, 0.15) is 12.6 Å². The standard InChI is InChI=1S/C12H22N2O5/c1-5-8(3)14(7-10(15)16)12(18)13-9(4)11(17)19-6-2/h8-9H,5-7H2,1-4H3,(H,13,18)(H,15,16). The van der Waals surface area contributed by atoms with Crippen molar-refractivity contribution in [3.8, 4) is 0 Å². The molecule has 0 aliphatic rings. The molecule has 0 radical (unpaired) electrons. The Labute approximate surface area is 112 Å². The van der Waals surface area contributed by atoms with Crippen molar-refractivity contribution >= 4 is 18.0 Å². The van der Waals surface area contributed by atoms with Gasteiger partial charge in [0.25, 0.3) is 0 Å². The maximum atomic E-state index is 11.9. The molecule has 0 aromatic rings. The van der Waals surface area contributed by atoms with Crippen LogP contribution >= 0.6 is 0 Å². The van der Waals surface area contributed by atoms with Crippen molar-refractivity contribution < 1.29 is 24.2 Å². The topological polar surface area (TPSA) is 95.9 Å². The summed E-state index contributed by atoms with van der Waals surface area (Å²) < 4.78 is 4.76. The van der Waals surface area contributed by atoms with Crippen LogP contribution in [0.2, 0.25) is 0 Å². The van der Waals surface area contributed by atoms with Crippen molar-refractivity contribution in [1.29, 1.82) is 0 Å². The quantitative estimate of drug-likeness (QED) is 0.670. The number of hydrogen-bond donors (Lipinski definition) is 2. The van der Waals surface area contributed by atoms with Gasteiger partial charge in [0.05, 0.1) is 6.61 Å². The summed E-state index contributed by atoms with van der Waals surface area (Å²) in [6, 6.07) is -1.63. The highest BCUT2D eigenvalue weighted by Gasteiger charge is 2.25. The number of carboxylic acids is 1. The van der Waals surface area contributed by atoms with Crippen molar-refractivity contribution in [2.75, 3.05) is 13.2 Å². The molecular formula is C12H22N2O5. The third-order valence-corrected chi connectivity index (χ3v) is 2.67. The van der Waals surface area contributed by atoms with E-state index in [4.69, 9.17) is 9.84 Å². The molecule has 0 saturated heterocycles. The Bertz CT molecular complexity index is 332. The first-order valence-corrected chi connectivity index (χ1v) is 6.28. The fraction of sp³-hybridized carbons (Fsp3) is 0.750. The van der Waals surface area contributed by atoms with Crippen LogP contribution in [-0.2, 0) is 14.3 Å². The number of urea groups is 1. The molecule has 0 bridgehead atoms. The second kappa shape index (κ2) is 8.34. The van der Waals surface area contributed by atoms with E-state index in [1.807, 2.05) is 6.92 Å². The van der Waals surface area contributed by atoms with Gasteiger partial charge in [-0.05, 0) is 27.2 Å². The molecule has 7 nitrogen and oxygen atoms in total. The Balaban J connectivity index is 4.63. The Kier molecular flexibility index (Phi) is 7.55. The highest BCUT2D eigenvalue weighted by Crippen LogP contribution is 2.04. The van der Waals surface area contributed by atoms with E-state index in [2.05, 4.69) is 5.32 Å². The van der Waals surface area contributed by atoms with Crippen molar-refractivity contribution in [3.05, 3.63) is 0 Å². The van der Waals surface area contributed by atoms with E-state index < -0.39 is 30.6 Å².